The highest BCUT2D eigenvalue weighted by Gasteiger charge is 2.29. The molecule has 0 heterocycles. The fourth-order valence-electron chi connectivity index (χ4n) is 2.13. The van der Waals surface area contributed by atoms with Crippen molar-refractivity contribution >= 4 is 23.5 Å². The van der Waals surface area contributed by atoms with Gasteiger partial charge in [0.1, 0.15) is 11.8 Å². The number of allylic oxidation sites excluding steroid dienone is 1. The number of amides is 2. The predicted molar refractivity (Wildman–Crippen MR) is 92.3 cm³/mol. The van der Waals surface area contributed by atoms with Gasteiger partial charge in [0.2, 0.25) is 5.91 Å². The van der Waals surface area contributed by atoms with E-state index in [0.717, 1.165) is 12.8 Å². The van der Waals surface area contributed by atoms with E-state index in [-0.39, 0.29) is 24.9 Å². The van der Waals surface area contributed by atoms with Crippen LogP contribution >= 0.6 is 0 Å². The summed E-state index contributed by atoms with van der Waals surface area (Å²) in [5, 5.41) is 14.3. The third kappa shape index (κ3) is 6.29. The second kappa shape index (κ2) is 8.86. The highest BCUT2D eigenvalue weighted by atomic mass is 16.5. The number of hydrogen-bond donors (Lipinski definition) is 3. The molecule has 3 N–H and O–H groups in total. The molecule has 0 spiro atoms. The molecule has 1 saturated carbocycles. The highest BCUT2D eigenvalue weighted by molar-refractivity contribution is 5.94. The molecule has 0 aromatic heterocycles. The van der Waals surface area contributed by atoms with Gasteiger partial charge in [0.15, 0.2) is 6.61 Å². The number of carboxylic acids is 1. The molecule has 1 atom stereocenters. The first-order valence-electron chi connectivity index (χ1n) is 8.16. The number of carbonyl (C=O) groups excluding carboxylic acids is 2. The maximum absolute atomic E-state index is 11.9. The van der Waals surface area contributed by atoms with Crippen LogP contribution in [0.1, 0.15) is 26.2 Å². The van der Waals surface area contributed by atoms with Gasteiger partial charge in [0.05, 0.1) is 0 Å². The molecule has 1 aliphatic carbocycles. The Morgan fingerprint density at radius 2 is 2.12 bits per heavy atom. The Balaban J connectivity index is 1.84. The summed E-state index contributed by atoms with van der Waals surface area (Å²) in [4.78, 5) is 34.7. The summed E-state index contributed by atoms with van der Waals surface area (Å²) in [7, 11) is 0. The van der Waals surface area contributed by atoms with E-state index in [2.05, 4.69) is 10.6 Å². The van der Waals surface area contributed by atoms with Gasteiger partial charge in [-0.3, -0.25) is 9.59 Å². The minimum atomic E-state index is -1.10. The lowest BCUT2D eigenvalue weighted by Gasteiger charge is -2.13. The van der Waals surface area contributed by atoms with Crippen LogP contribution in [0.2, 0.25) is 0 Å². The van der Waals surface area contributed by atoms with E-state index < -0.39 is 17.9 Å². The SMILES string of the molecule is C/C=C/CC(NC(=O)COc1cccc(NC(=O)C2CC2)c1)C(=O)O. The fourth-order valence-corrected chi connectivity index (χ4v) is 2.13. The van der Waals surface area contributed by atoms with E-state index in [1.54, 1.807) is 43.3 Å². The second-order valence-electron chi connectivity index (χ2n) is 5.84. The number of nitrogens with one attached hydrogen (secondary N) is 2. The normalized spacial score (nSPS) is 14.8. The van der Waals surface area contributed by atoms with Gasteiger partial charge in [0.25, 0.3) is 5.91 Å². The topological polar surface area (TPSA) is 105 Å². The van der Waals surface area contributed by atoms with Crippen LogP contribution in [0.15, 0.2) is 36.4 Å². The van der Waals surface area contributed by atoms with E-state index in [4.69, 9.17) is 9.84 Å². The van der Waals surface area contributed by atoms with E-state index in [1.807, 2.05) is 0 Å². The van der Waals surface area contributed by atoms with Crippen LogP contribution in [0.3, 0.4) is 0 Å². The Morgan fingerprint density at radius 3 is 2.76 bits per heavy atom. The predicted octanol–water partition coefficient (Wildman–Crippen LogP) is 1.95. The van der Waals surface area contributed by atoms with Crippen molar-refractivity contribution in [2.24, 2.45) is 5.92 Å². The van der Waals surface area contributed by atoms with Crippen molar-refractivity contribution in [3.05, 3.63) is 36.4 Å². The third-order valence-electron chi connectivity index (χ3n) is 3.66. The van der Waals surface area contributed by atoms with E-state index >= 15 is 0 Å². The zero-order valence-electron chi connectivity index (χ0n) is 14.0. The van der Waals surface area contributed by atoms with Gasteiger partial charge >= 0.3 is 5.97 Å². The maximum atomic E-state index is 11.9. The average Bonchev–Trinajstić information content (AvgIpc) is 3.42. The van der Waals surface area contributed by atoms with Crippen molar-refractivity contribution < 1.29 is 24.2 Å². The Labute approximate surface area is 146 Å². The molecule has 0 bridgehead atoms. The summed E-state index contributed by atoms with van der Waals surface area (Å²) in [5.41, 5.74) is 0.603. The Hall–Kier alpha value is -2.83. The second-order valence-corrected chi connectivity index (χ2v) is 5.84. The van der Waals surface area contributed by atoms with Gasteiger partial charge in [-0.15, -0.1) is 0 Å². The van der Waals surface area contributed by atoms with Gasteiger partial charge in [0, 0.05) is 17.7 Å². The summed E-state index contributed by atoms with van der Waals surface area (Å²) in [6.07, 6.45) is 5.44. The molecule has 7 heteroatoms. The quantitative estimate of drug-likeness (QED) is 0.593. The molecule has 134 valence electrons. The van der Waals surface area contributed by atoms with Crippen LogP contribution in [-0.4, -0.2) is 35.5 Å². The van der Waals surface area contributed by atoms with Crippen LogP contribution < -0.4 is 15.4 Å². The molecule has 1 aromatic rings. The first-order valence-corrected chi connectivity index (χ1v) is 8.16. The molecular formula is C18H22N2O5. The summed E-state index contributed by atoms with van der Waals surface area (Å²) < 4.78 is 5.38. The van der Waals surface area contributed by atoms with Gasteiger partial charge in [-0.1, -0.05) is 18.2 Å². The smallest absolute Gasteiger partial charge is 0.326 e. The van der Waals surface area contributed by atoms with E-state index in [1.165, 1.54) is 0 Å². The minimum absolute atomic E-state index is 0.0110. The van der Waals surface area contributed by atoms with Crippen molar-refractivity contribution in [3.63, 3.8) is 0 Å². The molecule has 1 unspecified atom stereocenters. The van der Waals surface area contributed by atoms with Crippen LogP contribution in [0.4, 0.5) is 5.69 Å². The fraction of sp³-hybridized carbons (Fsp3) is 0.389. The first kappa shape index (κ1) is 18.5. The molecule has 0 saturated heterocycles. The molecule has 1 aromatic carbocycles. The lowest BCUT2D eigenvalue weighted by Crippen LogP contribution is -2.42. The molecule has 1 fully saturated rings. The highest BCUT2D eigenvalue weighted by Crippen LogP contribution is 2.30. The summed E-state index contributed by atoms with van der Waals surface area (Å²) in [6.45, 7) is 1.47. The Bertz CT molecular complexity index is 667. The molecular weight excluding hydrogens is 324 g/mol. The number of ether oxygens (including phenoxy) is 1. The largest absolute Gasteiger partial charge is 0.484 e. The van der Waals surface area contributed by atoms with E-state index in [0.29, 0.717) is 11.4 Å². The molecule has 25 heavy (non-hydrogen) atoms. The van der Waals surface area contributed by atoms with E-state index in [9.17, 15) is 14.4 Å². The number of benzene rings is 1. The van der Waals surface area contributed by atoms with Crippen molar-refractivity contribution in [3.8, 4) is 5.75 Å². The standard InChI is InChI=1S/C18H22N2O5/c1-2-3-7-15(18(23)24)20-16(21)11-25-14-6-4-5-13(10-14)19-17(22)12-8-9-12/h2-6,10,12,15H,7-9,11H2,1H3,(H,19,22)(H,20,21)(H,23,24)/b3-2+. The molecule has 2 rings (SSSR count). The third-order valence-corrected chi connectivity index (χ3v) is 3.66. The van der Waals surface area contributed by atoms with Gasteiger partial charge in [-0.05, 0) is 38.3 Å². The monoisotopic (exact) mass is 346 g/mol. The molecule has 0 radical (unpaired) electrons. The number of aliphatic carboxylic acids is 1. The van der Waals surface area contributed by atoms with Gasteiger partial charge < -0.3 is 20.5 Å². The summed E-state index contributed by atoms with van der Waals surface area (Å²) in [5.74, 6) is -1.12. The summed E-state index contributed by atoms with van der Waals surface area (Å²) in [6, 6.07) is 5.75. The molecule has 0 aliphatic heterocycles. The van der Waals surface area contributed by atoms with Gasteiger partial charge in [-0.2, -0.15) is 0 Å². The summed E-state index contributed by atoms with van der Waals surface area (Å²) >= 11 is 0. The minimum Gasteiger partial charge on any atom is -0.484 e. The van der Waals surface area contributed by atoms with Crippen molar-refractivity contribution in [1.82, 2.24) is 5.32 Å². The Kier molecular flexibility index (Phi) is 6.56. The average molecular weight is 346 g/mol. The van der Waals surface area contributed by atoms with Crippen LogP contribution in [0.25, 0.3) is 0 Å². The molecule has 1 aliphatic rings. The number of carboxylic acid groups (broad SMARTS) is 1. The number of anilines is 1. The Morgan fingerprint density at radius 1 is 1.36 bits per heavy atom. The van der Waals surface area contributed by atoms with Crippen molar-refractivity contribution in [2.45, 2.75) is 32.2 Å². The number of hydrogen-bond acceptors (Lipinski definition) is 4. The van der Waals surface area contributed by atoms with Crippen LogP contribution in [-0.2, 0) is 14.4 Å². The lowest BCUT2D eigenvalue weighted by molar-refractivity contribution is -0.142. The number of carbonyl (C=O) groups is 3. The van der Waals surface area contributed by atoms with Crippen molar-refractivity contribution in [1.29, 1.82) is 0 Å². The van der Waals surface area contributed by atoms with Crippen molar-refractivity contribution in [2.75, 3.05) is 11.9 Å². The molecule has 2 amide bonds. The zero-order chi connectivity index (χ0) is 18.2. The van der Waals surface area contributed by atoms with Gasteiger partial charge in [-0.25, -0.2) is 4.79 Å². The first-order chi connectivity index (χ1) is 12.0. The van der Waals surface area contributed by atoms with Crippen LogP contribution in [0.5, 0.6) is 5.75 Å². The van der Waals surface area contributed by atoms with Crippen LogP contribution in [0, 0.1) is 5.92 Å². The zero-order valence-corrected chi connectivity index (χ0v) is 14.0. The number of rotatable bonds is 9. The lowest BCUT2D eigenvalue weighted by atomic mass is 10.2. The molecule has 7 nitrogen and oxygen atoms in total. The maximum Gasteiger partial charge on any atom is 0.326 e.